The zero-order valence-electron chi connectivity index (χ0n) is 7.78. The van der Waals surface area contributed by atoms with Gasteiger partial charge in [-0.2, -0.15) is 0 Å². The number of carbonyl (C=O) groups is 2. The Morgan fingerprint density at radius 3 is 1.92 bits per heavy atom. The SMILES string of the molecule is O=C([O-])CCC(O)CC(=O)[O-].[Li+].[Li+]. The van der Waals surface area contributed by atoms with Crippen molar-refractivity contribution in [2.75, 3.05) is 0 Å². The number of hydrogen-bond acceptors (Lipinski definition) is 5. The molecule has 1 unspecified atom stereocenters. The Morgan fingerprint density at radius 1 is 1.15 bits per heavy atom. The van der Waals surface area contributed by atoms with Crippen molar-refractivity contribution in [2.45, 2.75) is 25.4 Å². The largest absolute Gasteiger partial charge is 1.00 e. The number of hydrogen-bond donors (Lipinski definition) is 1. The van der Waals surface area contributed by atoms with E-state index >= 15 is 0 Å². The molecule has 13 heavy (non-hydrogen) atoms. The monoisotopic (exact) mass is 174 g/mol. The van der Waals surface area contributed by atoms with Gasteiger partial charge in [0.15, 0.2) is 0 Å². The quantitative estimate of drug-likeness (QED) is 0.417. The van der Waals surface area contributed by atoms with Crippen molar-refractivity contribution >= 4 is 11.9 Å². The average molecular weight is 174 g/mol. The van der Waals surface area contributed by atoms with Gasteiger partial charge in [0.05, 0.1) is 6.10 Å². The van der Waals surface area contributed by atoms with Gasteiger partial charge in [-0.05, 0) is 12.8 Å². The molecule has 0 aromatic rings. The van der Waals surface area contributed by atoms with Crippen LogP contribution < -0.4 is 47.9 Å². The summed E-state index contributed by atoms with van der Waals surface area (Å²) in [5, 5.41) is 28.4. The Balaban J connectivity index is -0.000000500. The second-order valence-corrected chi connectivity index (χ2v) is 2.14. The molecule has 0 radical (unpaired) electrons. The van der Waals surface area contributed by atoms with Crippen LogP contribution in [-0.4, -0.2) is 23.1 Å². The third kappa shape index (κ3) is 14.9. The minimum Gasteiger partial charge on any atom is -0.550 e. The van der Waals surface area contributed by atoms with Crippen LogP contribution in [0.15, 0.2) is 0 Å². The van der Waals surface area contributed by atoms with E-state index in [1.165, 1.54) is 0 Å². The molecular weight excluding hydrogens is 166 g/mol. The Hall–Kier alpha value is 0.0948. The molecular formula is C6H8Li2O5. The van der Waals surface area contributed by atoms with Crippen molar-refractivity contribution in [3.63, 3.8) is 0 Å². The van der Waals surface area contributed by atoms with Crippen LogP contribution in [0, 0.1) is 0 Å². The first-order chi connectivity index (χ1) is 5.02. The molecule has 0 fully saturated rings. The van der Waals surface area contributed by atoms with Gasteiger partial charge < -0.3 is 24.9 Å². The van der Waals surface area contributed by atoms with Gasteiger partial charge in [0.2, 0.25) is 0 Å². The fraction of sp³-hybridized carbons (Fsp3) is 0.667. The molecule has 0 aliphatic carbocycles. The standard InChI is InChI=1S/C6H10O5.2Li/c7-4(3-6(10)11)1-2-5(8)9;;/h4,7H,1-3H2,(H,8,9)(H,10,11);;/q;2*+1/p-2. The molecule has 0 heterocycles. The molecule has 0 aliphatic rings. The van der Waals surface area contributed by atoms with Gasteiger partial charge >= 0.3 is 37.7 Å². The molecule has 1 atom stereocenters. The fourth-order valence-electron chi connectivity index (χ4n) is 0.579. The third-order valence-electron chi connectivity index (χ3n) is 1.08. The van der Waals surface area contributed by atoms with Crippen LogP contribution in [0.3, 0.4) is 0 Å². The molecule has 0 aromatic carbocycles. The molecule has 0 rings (SSSR count). The number of carboxylic acid groups (broad SMARTS) is 2. The summed E-state index contributed by atoms with van der Waals surface area (Å²) in [5.74, 6) is -2.70. The van der Waals surface area contributed by atoms with Gasteiger partial charge in [-0.1, -0.05) is 0 Å². The molecule has 0 saturated heterocycles. The fourth-order valence-corrected chi connectivity index (χ4v) is 0.579. The van der Waals surface area contributed by atoms with Gasteiger partial charge in [0, 0.05) is 18.4 Å². The molecule has 0 aromatic heterocycles. The summed E-state index contributed by atoms with van der Waals surface area (Å²) in [4.78, 5) is 19.6. The predicted molar refractivity (Wildman–Crippen MR) is 29.9 cm³/mol. The summed E-state index contributed by atoms with van der Waals surface area (Å²) in [7, 11) is 0. The molecule has 7 heteroatoms. The second kappa shape index (κ2) is 10.2. The first-order valence-electron chi connectivity index (χ1n) is 3.10. The van der Waals surface area contributed by atoms with Crippen LogP contribution in [0.25, 0.3) is 0 Å². The second-order valence-electron chi connectivity index (χ2n) is 2.14. The molecule has 0 saturated carbocycles. The maximum Gasteiger partial charge on any atom is 1.00 e. The van der Waals surface area contributed by atoms with Crippen molar-refractivity contribution in [1.82, 2.24) is 0 Å². The van der Waals surface area contributed by atoms with Gasteiger partial charge in [0.1, 0.15) is 0 Å². The van der Waals surface area contributed by atoms with Crippen LogP contribution >= 0.6 is 0 Å². The molecule has 0 amide bonds. The van der Waals surface area contributed by atoms with Crippen LogP contribution in [-0.2, 0) is 9.59 Å². The van der Waals surface area contributed by atoms with Crippen LogP contribution in [0.2, 0.25) is 0 Å². The van der Waals surface area contributed by atoms with Gasteiger partial charge in [-0.15, -0.1) is 0 Å². The van der Waals surface area contributed by atoms with Gasteiger partial charge in [-0.3, -0.25) is 0 Å². The number of carbonyl (C=O) groups excluding carboxylic acids is 2. The predicted octanol–water partition coefficient (Wildman–Crippen LogP) is -8.97. The molecule has 0 aliphatic heterocycles. The number of rotatable bonds is 5. The first-order valence-corrected chi connectivity index (χ1v) is 3.10. The summed E-state index contributed by atoms with van der Waals surface area (Å²) in [6, 6.07) is 0. The van der Waals surface area contributed by atoms with Crippen LogP contribution in [0.5, 0.6) is 0 Å². The molecule has 64 valence electrons. The van der Waals surface area contributed by atoms with E-state index in [4.69, 9.17) is 5.11 Å². The average Bonchev–Trinajstić information content (AvgIpc) is 1.82. The third-order valence-corrected chi connectivity index (χ3v) is 1.08. The number of aliphatic carboxylic acids is 2. The zero-order chi connectivity index (χ0) is 8.85. The molecule has 0 spiro atoms. The van der Waals surface area contributed by atoms with Crippen molar-refractivity contribution in [3.8, 4) is 0 Å². The van der Waals surface area contributed by atoms with E-state index in [-0.39, 0.29) is 50.6 Å². The molecule has 1 N–H and O–H groups in total. The van der Waals surface area contributed by atoms with E-state index in [1.54, 1.807) is 0 Å². The van der Waals surface area contributed by atoms with Gasteiger partial charge in [0.25, 0.3) is 0 Å². The molecule has 0 bridgehead atoms. The first kappa shape index (κ1) is 18.8. The van der Waals surface area contributed by atoms with Gasteiger partial charge in [-0.25, -0.2) is 0 Å². The van der Waals surface area contributed by atoms with E-state index in [0.29, 0.717) is 0 Å². The summed E-state index contributed by atoms with van der Waals surface area (Å²) < 4.78 is 0. The smallest absolute Gasteiger partial charge is 0.550 e. The Kier molecular flexibility index (Phi) is 14.7. The Labute approximate surface area is 99.9 Å². The summed E-state index contributed by atoms with van der Waals surface area (Å²) in [6.07, 6.45) is -2.14. The number of aliphatic hydroxyl groups is 1. The van der Waals surface area contributed by atoms with E-state index in [2.05, 4.69) is 0 Å². The van der Waals surface area contributed by atoms with E-state index in [9.17, 15) is 19.8 Å². The zero-order valence-corrected chi connectivity index (χ0v) is 7.78. The normalized spacial score (nSPS) is 10.5. The molecule has 5 nitrogen and oxygen atoms in total. The number of aliphatic hydroxyl groups excluding tert-OH is 1. The van der Waals surface area contributed by atoms with Crippen molar-refractivity contribution in [3.05, 3.63) is 0 Å². The van der Waals surface area contributed by atoms with E-state index in [1.807, 2.05) is 0 Å². The summed E-state index contributed by atoms with van der Waals surface area (Å²) in [6.45, 7) is 0. The Morgan fingerprint density at radius 2 is 1.62 bits per heavy atom. The Bertz CT molecular complexity index is 161. The number of carboxylic acids is 2. The minimum atomic E-state index is -1.39. The minimum absolute atomic E-state index is 0. The van der Waals surface area contributed by atoms with E-state index < -0.39 is 24.5 Å². The van der Waals surface area contributed by atoms with Crippen molar-refractivity contribution < 1.29 is 62.6 Å². The topological polar surface area (TPSA) is 100 Å². The summed E-state index contributed by atoms with van der Waals surface area (Å²) >= 11 is 0. The van der Waals surface area contributed by atoms with E-state index in [0.717, 1.165) is 0 Å². The van der Waals surface area contributed by atoms with Crippen LogP contribution in [0.1, 0.15) is 19.3 Å². The summed E-state index contributed by atoms with van der Waals surface area (Å²) in [5.41, 5.74) is 0. The van der Waals surface area contributed by atoms with Crippen molar-refractivity contribution in [1.29, 1.82) is 0 Å². The maximum absolute atomic E-state index is 9.82. The van der Waals surface area contributed by atoms with Crippen LogP contribution in [0.4, 0.5) is 0 Å². The maximum atomic E-state index is 9.82. The van der Waals surface area contributed by atoms with Crippen molar-refractivity contribution in [2.24, 2.45) is 0 Å².